The molecule has 2 aliphatic rings. The largest absolute Gasteiger partial charge is 0.477 e. The van der Waals surface area contributed by atoms with Crippen molar-refractivity contribution in [1.29, 1.82) is 0 Å². The Labute approximate surface area is 163 Å². The SMILES string of the molecule is CCc1cnc(N2CC3C(COc4ccc(-c5ccnnc5)cn4)C3C2)nc1. The summed E-state index contributed by atoms with van der Waals surface area (Å²) in [6.45, 7) is 4.88. The molecule has 28 heavy (non-hydrogen) atoms. The maximum atomic E-state index is 5.94. The van der Waals surface area contributed by atoms with E-state index in [-0.39, 0.29) is 0 Å². The lowest BCUT2D eigenvalue weighted by atomic mass is 10.1. The summed E-state index contributed by atoms with van der Waals surface area (Å²) in [7, 11) is 0. The maximum Gasteiger partial charge on any atom is 0.225 e. The molecule has 0 spiro atoms. The van der Waals surface area contributed by atoms with Gasteiger partial charge in [-0.15, -0.1) is 0 Å². The van der Waals surface area contributed by atoms with Crippen LogP contribution in [-0.2, 0) is 6.42 Å². The van der Waals surface area contributed by atoms with Crippen molar-refractivity contribution in [2.75, 3.05) is 24.6 Å². The smallest absolute Gasteiger partial charge is 0.225 e. The molecule has 0 N–H and O–H groups in total. The number of anilines is 1. The monoisotopic (exact) mass is 374 g/mol. The van der Waals surface area contributed by atoms with Crippen LogP contribution in [-0.4, -0.2) is 44.8 Å². The first-order valence-electron chi connectivity index (χ1n) is 9.73. The Hall–Kier alpha value is -3.09. The number of ether oxygens (including phenoxy) is 1. The second kappa shape index (κ2) is 7.14. The molecule has 2 fully saturated rings. The first-order chi connectivity index (χ1) is 13.8. The van der Waals surface area contributed by atoms with Gasteiger partial charge in [-0.1, -0.05) is 6.92 Å². The number of hydrogen-bond donors (Lipinski definition) is 0. The Balaban J connectivity index is 1.13. The van der Waals surface area contributed by atoms with Crippen LogP contribution in [0.3, 0.4) is 0 Å². The number of fused-ring (bicyclic) bond motifs is 1. The van der Waals surface area contributed by atoms with Gasteiger partial charge in [0.05, 0.1) is 19.0 Å². The van der Waals surface area contributed by atoms with Crippen LogP contribution >= 0.6 is 0 Å². The van der Waals surface area contributed by atoms with Crippen molar-refractivity contribution in [3.63, 3.8) is 0 Å². The van der Waals surface area contributed by atoms with Gasteiger partial charge in [0.2, 0.25) is 11.8 Å². The Morgan fingerprint density at radius 2 is 1.71 bits per heavy atom. The lowest BCUT2D eigenvalue weighted by Gasteiger charge is -2.19. The molecule has 0 aromatic carbocycles. The Kier molecular flexibility index (Phi) is 4.35. The number of pyridine rings is 1. The highest BCUT2D eigenvalue weighted by Gasteiger charge is 2.56. The standard InChI is InChI=1S/C21H22N6O/c1-2-14-7-23-21(24-8-14)27-11-17-18(12-27)19(17)13-28-20-4-3-15(9-22-20)16-5-6-25-26-10-16/h3-10,17-19H,2,11-13H2,1H3. The molecule has 7 heteroatoms. The van der Waals surface area contributed by atoms with E-state index in [9.17, 15) is 0 Å². The third kappa shape index (κ3) is 3.28. The van der Waals surface area contributed by atoms with Gasteiger partial charge in [-0.2, -0.15) is 10.2 Å². The Bertz CT molecular complexity index is 919. The second-order valence-electron chi connectivity index (χ2n) is 7.47. The predicted octanol–water partition coefficient (Wildman–Crippen LogP) is 2.65. The summed E-state index contributed by atoms with van der Waals surface area (Å²) < 4.78 is 5.94. The van der Waals surface area contributed by atoms with Crippen molar-refractivity contribution < 1.29 is 4.74 Å². The van der Waals surface area contributed by atoms with Crippen LogP contribution in [0.4, 0.5) is 5.95 Å². The minimum absolute atomic E-state index is 0.608. The zero-order valence-corrected chi connectivity index (χ0v) is 15.8. The van der Waals surface area contributed by atoms with Gasteiger partial charge in [-0.3, -0.25) is 0 Å². The van der Waals surface area contributed by atoms with Crippen LogP contribution in [0.15, 0.2) is 49.2 Å². The molecule has 1 aliphatic carbocycles. The summed E-state index contributed by atoms with van der Waals surface area (Å²) in [5.41, 5.74) is 3.19. The summed E-state index contributed by atoms with van der Waals surface area (Å²) in [6.07, 6.45) is 10.1. The van der Waals surface area contributed by atoms with Crippen LogP contribution in [0, 0.1) is 17.8 Å². The number of rotatable bonds is 6. The molecule has 1 saturated carbocycles. The number of aromatic nitrogens is 5. The van der Waals surface area contributed by atoms with Gasteiger partial charge < -0.3 is 9.64 Å². The van der Waals surface area contributed by atoms with E-state index in [1.165, 1.54) is 5.56 Å². The average Bonchev–Trinajstić information content (AvgIpc) is 3.22. The third-order valence-electron chi connectivity index (χ3n) is 5.83. The van der Waals surface area contributed by atoms with Crippen molar-refractivity contribution in [1.82, 2.24) is 25.1 Å². The molecular formula is C21H22N6O. The van der Waals surface area contributed by atoms with Crippen LogP contribution in [0.25, 0.3) is 11.1 Å². The first kappa shape index (κ1) is 17.0. The van der Waals surface area contributed by atoms with Crippen molar-refractivity contribution in [3.8, 4) is 17.0 Å². The van der Waals surface area contributed by atoms with E-state index >= 15 is 0 Å². The van der Waals surface area contributed by atoms with Crippen LogP contribution in [0.5, 0.6) is 5.88 Å². The molecule has 5 rings (SSSR count). The number of hydrogen-bond acceptors (Lipinski definition) is 7. The zero-order valence-electron chi connectivity index (χ0n) is 15.8. The fourth-order valence-corrected chi connectivity index (χ4v) is 4.03. The van der Waals surface area contributed by atoms with Gasteiger partial charge in [-0.25, -0.2) is 15.0 Å². The minimum Gasteiger partial charge on any atom is -0.477 e. The quantitative estimate of drug-likeness (QED) is 0.656. The van der Waals surface area contributed by atoms with E-state index in [4.69, 9.17) is 4.74 Å². The molecule has 1 aliphatic heterocycles. The normalized spacial score (nSPS) is 22.8. The Morgan fingerprint density at radius 1 is 0.929 bits per heavy atom. The predicted molar refractivity (Wildman–Crippen MR) is 105 cm³/mol. The molecule has 3 aromatic heterocycles. The molecule has 4 heterocycles. The van der Waals surface area contributed by atoms with Crippen molar-refractivity contribution in [3.05, 3.63) is 54.7 Å². The van der Waals surface area contributed by atoms with Crippen LogP contribution < -0.4 is 9.64 Å². The number of nitrogens with zero attached hydrogens (tertiary/aromatic N) is 6. The van der Waals surface area contributed by atoms with Gasteiger partial charge in [0.25, 0.3) is 0 Å². The molecular weight excluding hydrogens is 352 g/mol. The van der Waals surface area contributed by atoms with Gasteiger partial charge in [0, 0.05) is 54.8 Å². The summed E-state index contributed by atoms with van der Waals surface area (Å²) in [6, 6.07) is 5.84. The summed E-state index contributed by atoms with van der Waals surface area (Å²) in [4.78, 5) is 15.7. The molecule has 3 aromatic rings. The van der Waals surface area contributed by atoms with Crippen LogP contribution in [0.1, 0.15) is 12.5 Å². The molecule has 1 saturated heterocycles. The summed E-state index contributed by atoms with van der Waals surface area (Å²) in [5, 5.41) is 7.70. The topological polar surface area (TPSA) is 76.9 Å². The molecule has 0 radical (unpaired) electrons. The van der Waals surface area contributed by atoms with E-state index in [1.54, 1.807) is 12.4 Å². The van der Waals surface area contributed by atoms with E-state index in [0.29, 0.717) is 23.6 Å². The molecule has 2 unspecified atom stereocenters. The first-order valence-corrected chi connectivity index (χ1v) is 9.73. The molecule has 7 nitrogen and oxygen atoms in total. The molecule has 2 atom stereocenters. The maximum absolute atomic E-state index is 5.94. The average molecular weight is 374 g/mol. The lowest BCUT2D eigenvalue weighted by molar-refractivity contribution is 0.273. The fraction of sp³-hybridized carbons (Fsp3) is 0.381. The molecule has 0 amide bonds. The van der Waals surface area contributed by atoms with Crippen molar-refractivity contribution in [2.45, 2.75) is 13.3 Å². The Morgan fingerprint density at radius 3 is 2.36 bits per heavy atom. The van der Waals surface area contributed by atoms with E-state index in [2.05, 4.69) is 37.0 Å². The van der Waals surface area contributed by atoms with Gasteiger partial charge in [-0.05, 0) is 36.0 Å². The number of piperidine rings is 1. The van der Waals surface area contributed by atoms with Crippen LogP contribution in [0.2, 0.25) is 0 Å². The summed E-state index contributed by atoms with van der Waals surface area (Å²) >= 11 is 0. The van der Waals surface area contributed by atoms with Crippen molar-refractivity contribution in [2.24, 2.45) is 17.8 Å². The highest BCUT2D eigenvalue weighted by atomic mass is 16.5. The summed E-state index contributed by atoms with van der Waals surface area (Å²) in [5.74, 6) is 3.49. The lowest BCUT2D eigenvalue weighted by Crippen LogP contribution is -2.27. The van der Waals surface area contributed by atoms with Gasteiger partial charge in [0.15, 0.2) is 0 Å². The van der Waals surface area contributed by atoms with E-state index < -0.39 is 0 Å². The van der Waals surface area contributed by atoms with E-state index in [0.717, 1.165) is 43.2 Å². The number of aryl methyl sites for hydroxylation is 1. The highest BCUT2D eigenvalue weighted by molar-refractivity contribution is 5.60. The molecule has 142 valence electrons. The second-order valence-corrected chi connectivity index (χ2v) is 7.47. The molecule has 0 bridgehead atoms. The third-order valence-corrected chi connectivity index (χ3v) is 5.83. The minimum atomic E-state index is 0.608. The highest BCUT2D eigenvalue weighted by Crippen LogP contribution is 2.52. The van der Waals surface area contributed by atoms with Gasteiger partial charge >= 0.3 is 0 Å². The van der Waals surface area contributed by atoms with Gasteiger partial charge in [0.1, 0.15) is 0 Å². The fourth-order valence-electron chi connectivity index (χ4n) is 4.03. The van der Waals surface area contributed by atoms with Crippen molar-refractivity contribution >= 4 is 5.95 Å². The zero-order chi connectivity index (χ0) is 18.9. The van der Waals surface area contributed by atoms with E-state index in [1.807, 2.05) is 36.8 Å².